The highest BCUT2D eigenvalue weighted by Gasteiger charge is 2.13. The topological polar surface area (TPSA) is 100 Å². The zero-order valence-electron chi connectivity index (χ0n) is 12.5. The molecule has 1 aromatic carbocycles. The fourth-order valence-corrected chi connectivity index (χ4v) is 2.06. The summed E-state index contributed by atoms with van der Waals surface area (Å²) in [7, 11) is 0. The predicted octanol–water partition coefficient (Wildman–Crippen LogP) is 2.09. The maximum Gasteiger partial charge on any atom is 0.273 e. The summed E-state index contributed by atoms with van der Waals surface area (Å²) >= 11 is 11.6. The molecule has 126 valence electrons. The van der Waals surface area contributed by atoms with Crippen LogP contribution in [-0.4, -0.2) is 24.3 Å². The zero-order chi connectivity index (χ0) is 17.7. The second kappa shape index (κ2) is 7.85. The minimum Gasteiger partial charge on any atom is -0.469 e. The van der Waals surface area contributed by atoms with Crippen molar-refractivity contribution in [2.24, 2.45) is 0 Å². The fourth-order valence-electron chi connectivity index (χ4n) is 1.76. The van der Waals surface area contributed by atoms with Crippen LogP contribution in [0.25, 0.3) is 0 Å². The quantitative estimate of drug-likeness (QED) is 0.718. The third kappa shape index (κ3) is 4.50. The first-order chi connectivity index (χ1) is 11.4. The van der Waals surface area contributed by atoms with Gasteiger partial charge in [0, 0.05) is 5.56 Å². The normalized spacial score (nSPS) is 10.1. The Morgan fingerprint density at radius 3 is 2.42 bits per heavy atom. The van der Waals surface area contributed by atoms with E-state index in [1.807, 2.05) is 0 Å². The molecule has 2 aromatic rings. The van der Waals surface area contributed by atoms with Crippen molar-refractivity contribution in [2.45, 2.75) is 6.92 Å². The summed E-state index contributed by atoms with van der Waals surface area (Å²) in [6, 6.07) is 5.82. The summed E-state index contributed by atoms with van der Waals surface area (Å²) in [6.45, 7) is 1.29. The average Bonchev–Trinajstić information content (AvgIpc) is 2.99. The molecule has 0 aliphatic heterocycles. The smallest absolute Gasteiger partial charge is 0.273 e. The van der Waals surface area contributed by atoms with Crippen LogP contribution in [0.5, 0.6) is 0 Å². The van der Waals surface area contributed by atoms with Gasteiger partial charge in [0.15, 0.2) is 0 Å². The van der Waals surface area contributed by atoms with Crippen molar-refractivity contribution >= 4 is 40.9 Å². The molecule has 0 aliphatic carbocycles. The number of carbonyl (C=O) groups is 3. The Morgan fingerprint density at radius 2 is 1.79 bits per heavy atom. The molecule has 1 heterocycles. The van der Waals surface area contributed by atoms with Crippen molar-refractivity contribution in [3.8, 4) is 0 Å². The molecule has 0 fully saturated rings. The van der Waals surface area contributed by atoms with Crippen LogP contribution in [0.3, 0.4) is 0 Å². The van der Waals surface area contributed by atoms with E-state index in [0.29, 0.717) is 16.3 Å². The monoisotopic (exact) mass is 369 g/mol. The molecule has 0 atom stereocenters. The first-order valence-corrected chi connectivity index (χ1v) is 7.50. The lowest BCUT2D eigenvalue weighted by molar-refractivity contribution is -0.120. The van der Waals surface area contributed by atoms with Gasteiger partial charge in [-0.05, 0) is 31.2 Å². The molecule has 0 bridgehead atoms. The zero-order valence-corrected chi connectivity index (χ0v) is 14.0. The maximum absolute atomic E-state index is 11.9. The molecule has 2 rings (SSSR count). The van der Waals surface area contributed by atoms with E-state index >= 15 is 0 Å². The number of hydrogen-bond donors (Lipinski definition) is 3. The molecule has 1 aromatic heterocycles. The second-order valence-corrected chi connectivity index (χ2v) is 5.52. The summed E-state index contributed by atoms with van der Waals surface area (Å²) in [5, 5.41) is 2.95. The molecular weight excluding hydrogens is 357 g/mol. The standard InChI is InChI=1S/C15H13Cl2N3O4/c1-8-10(4-5-24-8)15(23)20-19-13(21)7-18-14(22)9-2-3-11(16)12(17)6-9/h2-6H,7H2,1H3,(H,18,22)(H,19,21)(H,20,23). The third-order valence-corrected chi connectivity index (χ3v) is 3.75. The van der Waals surface area contributed by atoms with E-state index in [1.165, 1.54) is 30.5 Å². The van der Waals surface area contributed by atoms with E-state index in [-0.39, 0.29) is 17.1 Å². The van der Waals surface area contributed by atoms with Crippen molar-refractivity contribution in [3.63, 3.8) is 0 Å². The Labute approximate surface area is 147 Å². The van der Waals surface area contributed by atoms with Gasteiger partial charge in [-0.2, -0.15) is 0 Å². The lowest BCUT2D eigenvalue weighted by Crippen LogP contribution is -2.46. The Morgan fingerprint density at radius 1 is 1.04 bits per heavy atom. The number of nitrogens with one attached hydrogen (secondary N) is 3. The SMILES string of the molecule is Cc1occc1C(=O)NNC(=O)CNC(=O)c1ccc(Cl)c(Cl)c1. The first-order valence-electron chi connectivity index (χ1n) is 6.75. The van der Waals surface area contributed by atoms with Crippen molar-refractivity contribution < 1.29 is 18.8 Å². The van der Waals surface area contributed by atoms with Gasteiger partial charge in [0.05, 0.1) is 28.4 Å². The van der Waals surface area contributed by atoms with E-state index < -0.39 is 17.7 Å². The van der Waals surface area contributed by atoms with E-state index in [9.17, 15) is 14.4 Å². The van der Waals surface area contributed by atoms with Crippen LogP contribution in [-0.2, 0) is 4.79 Å². The number of furan rings is 1. The number of rotatable bonds is 4. The second-order valence-electron chi connectivity index (χ2n) is 4.70. The van der Waals surface area contributed by atoms with Crippen LogP contribution < -0.4 is 16.2 Å². The minimum absolute atomic E-state index is 0.233. The summed E-state index contributed by atoms with van der Waals surface area (Å²) in [4.78, 5) is 35.3. The van der Waals surface area contributed by atoms with Gasteiger partial charge in [0.1, 0.15) is 5.76 Å². The van der Waals surface area contributed by atoms with Crippen LogP contribution in [0, 0.1) is 6.92 Å². The van der Waals surface area contributed by atoms with E-state index in [0.717, 1.165) is 0 Å². The highest BCUT2D eigenvalue weighted by Crippen LogP contribution is 2.22. The lowest BCUT2D eigenvalue weighted by Gasteiger charge is -2.08. The molecule has 3 N–H and O–H groups in total. The highest BCUT2D eigenvalue weighted by molar-refractivity contribution is 6.42. The Kier molecular flexibility index (Phi) is 5.83. The van der Waals surface area contributed by atoms with Gasteiger partial charge in [0.2, 0.25) is 0 Å². The molecule has 0 spiro atoms. The molecule has 0 unspecified atom stereocenters. The van der Waals surface area contributed by atoms with Gasteiger partial charge in [-0.15, -0.1) is 0 Å². The summed E-state index contributed by atoms with van der Waals surface area (Å²) in [5.41, 5.74) is 4.96. The summed E-state index contributed by atoms with van der Waals surface area (Å²) in [6.07, 6.45) is 1.36. The molecule has 9 heteroatoms. The number of carbonyl (C=O) groups excluding carboxylic acids is 3. The highest BCUT2D eigenvalue weighted by atomic mass is 35.5. The number of benzene rings is 1. The number of hydrogen-bond acceptors (Lipinski definition) is 4. The van der Waals surface area contributed by atoms with Gasteiger partial charge in [0.25, 0.3) is 17.7 Å². The van der Waals surface area contributed by atoms with Crippen molar-refractivity contribution in [3.05, 3.63) is 57.5 Å². The fraction of sp³-hybridized carbons (Fsp3) is 0.133. The van der Waals surface area contributed by atoms with Crippen LogP contribution in [0.4, 0.5) is 0 Å². The average molecular weight is 370 g/mol. The van der Waals surface area contributed by atoms with Crippen molar-refractivity contribution in [1.82, 2.24) is 16.2 Å². The van der Waals surface area contributed by atoms with Crippen molar-refractivity contribution in [1.29, 1.82) is 0 Å². The molecule has 24 heavy (non-hydrogen) atoms. The summed E-state index contributed by atoms with van der Waals surface area (Å²) in [5.74, 6) is -1.20. The van der Waals surface area contributed by atoms with E-state index in [1.54, 1.807) is 6.92 Å². The Bertz CT molecular complexity index is 789. The summed E-state index contributed by atoms with van der Waals surface area (Å²) < 4.78 is 4.99. The van der Waals surface area contributed by atoms with E-state index in [4.69, 9.17) is 27.6 Å². The number of hydrazine groups is 1. The van der Waals surface area contributed by atoms with Gasteiger partial charge in [-0.1, -0.05) is 23.2 Å². The molecular formula is C15H13Cl2N3O4. The van der Waals surface area contributed by atoms with Crippen LogP contribution >= 0.6 is 23.2 Å². The molecule has 3 amide bonds. The minimum atomic E-state index is -0.599. The lowest BCUT2D eigenvalue weighted by atomic mass is 10.2. The largest absolute Gasteiger partial charge is 0.469 e. The molecule has 0 aliphatic rings. The predicted molar refractivity (Wildman–Crippen MR) is 87.8 cm³/mol. The van der Waals surface area contributed by atoms with Crippen LogP contribution in [0.1, 0.15) is 26.5 Å². The Balaban J connectivity index is 1.80. The number of amides is 3. The number of halogens is 2. The van der Waals surface area contributed by atoms with Crippen LogP contribution in [0.15, 0.2) is 34.9 Å². The first kappa shape index (κ1) is 17.8. The third-order valence-electron chi connectivity index (χ3n) is 3.01. The van der Waals surface area contributed by atoms with Gasteiger partial charge in [-0.3, -0.25) is 25.2 Å². The Hall–Kier alpha value is -2.51. The molecule has 0 radical (unpaired) electrons. The molecule has 7 nitrogen and oxygen atoms in total. The molecule has 0 saturated heterocycles. The number of aryl methyl sites for hydroxylation is 1. The molecule has 0 saturated carbocycles. The van der Waals surface area contributed by atoms with Gasteiger partial charge in [-0.25, -0.2) is 0 Å². The van der Waals surface area contributed by atoms with Crippen molar-refractivity contribution in [2.75, 3.05) is 6.54 Å². The van der Waals surface area contributed by atoms with Crippen LogP contribution in [0.2, 0.25) is 10.0 Å². The van der Waals surface area contributed by atoms with E-state index in [2.05, 4.69) is 16.2 Å². The maximum atomic E-state index is 11.9. The van der Waals surface area contributed by atoms with Gasteiger partial charge >= 0.3 is 0 Å². The van der Waals surface area contributed by atoms with Gasteiger partial charge < -0.3 is 9.73 Å².